The number of carboxylic acids is 1. The SMILES string of the molecule is Cl.O=C(O)CCCCn1cc(/C=C2\CN(C(C(=O)C3CC3)c3ccccc3F)CCC2S)nn1. The first-order valence-corrected chi connectivity index (χ1v) is 12.0. The number of halogens is 2. The van der Waals surface area contributed by atoms with E-state index in [2.05, 4.69) is 15.2 Å². The third kappa shape index (κ3) is 6.67. The minimum atomic E-state index is -0.797. The Kier molecular flexibility index (Phi) is 9.27. The Balaban J connectivity index is 0.00000324. The van der Waals surface area contributed by atoms with Crippen LogP contribution in [0.15, 0.2) is 36.0 Å². The van der Waals surface area contributed by atoms with Gasteiger partial charge in [-0.2, -0.15) is 12.6 Å². The van der Waals surface area contributed by atoms with Gasteiger partial charge in [-0.05, 0) is 49.8 Å². The van der Waals surface area contributed by atoms with Crippen molar-refractivity contribution in [2.75, 3.05) is 13.1 Å². The lowest BCUT2D eigenvalue weighted by atomic mass is 9.93. The average Bonchev–Trinajstić information content (AvgIpc) is 3.55. The van der Waals surface area contributed by atoms with E-state index in [1.807, 2.05) is 12.3 Å². The summed E-state index contributed by atoms with van der Waals surface area (Å²) in [6.07, 6.45) is 7.73. The summed E-state index contributed by atoms with van der Waals surface area (Å²) < 4.78 is 16.4. The molecule has 184 valence electrons. The van der Waals surface area contributed by atoms with E-state index in [1.54, 1.807) is 22.9 Å². The molecule has 7 nitrogen and oxygen atoms in total. The second-order valence-electron chi connectivity index (χ2n) is 8.85. The number of piperidine rings is 1. The predicted octanol–water partition coefficient (Wildman–Crippen LogP) is 4.20. The van der Waals surface area contributed by atoms with Crippen molar-refractivity contribution >= 4 is 42.9 Å². The number of likely N-dealkylation sites (tertiary alicyclic amines) is 1. The Hall–Kier alpha value is -2.23. The van der Waals surface area contributed by atoms with Crippen LogP contribution in [-0.4, -0.2) is 55.1 Å². The molecule has 1 saturated carbocycles. The summed E-state index contributed by atoms with van der Waals surface area (Å²) in [6.45, 7) is 1.78. The maximum atomic E-state index is 14.7. The molecule has 1 aromatic heterocycles. The molecule has 1 saturated heterocycles. The van der Waals surface area contributed by atoms with Gasteiger partial charge in [0.05, 0.1) is 12.2 Å². The molecule has 1 N–H and O–H groups in total. The van der Waals surface area contributed by atoms with Crippen molar-refractivity contribution in [1.82, 2.24) is 19.9 Å². The quantitative estimate of drug-likeness (QED) is 0.369. The topological polar surface area (TPSA) is 88.3 Å². The lowest BCUT2D eigenvalue weighted by Gasteiger charge is -2.37. The molecule has 0 radical (unpaired) electrons. The molecule has 2 aliphatic rings. The minimum absolute atomic E-state index is 0. The van der Waals surface area contributed by atoms with Crippen LogP contribution in [0.4, 0.5) is 4.39 Å². The van der Waals surface area contributed by atoms with Gasteiger partial charge in [0.25, 0.3) is 0 Å². The zero-order valence-electron chi connectivity index (χ0n) is 18.8. The fourth-order valence-electron chi connectivity index (χ4n) is 4.30. The fraction of sp³-hybridized carbons (Fsp3) is 0.500. The number of aliphatic carboxylic acids is 1. The molecule has 4 rings (SSSR count). The lowest BCUT2D eigenvalue weighted by molar-refractivity contribution is -0.137. The zero-order chi connectivity index (χ0) is 23.4. The number of carbonyl (C=O) groups excluding carboxylic acids is 1. The van der Waals surface area contributed by atoms with Gasteiger partial charge in [0.15, 0.2) is 5.78 Å². The molecule has 2 aromatic rings. The second-order valence-corrected chi connectivity index (χ2v) is 9.48. The molecule has 0 bridgehead atoms. The van der Waals surface area contributed by atoms with Crippen LogP contribution in [0, 0.1) is 11.7 Å². The highest BCUT2D eigenvalue weighted by Gasteiger charge is 2.40. The highest BCUT2D eigenvalue weighted by atomic mass is 35.5. The molecule has 2 fully saturated rings. The number of aryl methyl sites for hydroxylation is 1. The number of carboxylic acid groups (broad SMARTS) is 1. The van der Waals surface area contributed by atoms with E-state index >= 15 is 0 Å². The summed E-state index contributed by atoms with van der Waals surface area (Å²) in [4.78, 5) is 25.9. The van der Waals surface area contributed by atoms with Gasteiger partial charge < -0.3 is 5.11 Å². The third-order valence-corrected chi connectivity index (χ3v) is 6.82. The Morgan fingerprint density at radius 2 is 2.00 bits per heavy atom. The van der Waals surface area contributed by atoms with E-state index in [1.165, 1.54) is 6.07 Å². The van der Waals surface area contributed by atoms with Crippen molar-refractivity contribution in [3.05, 3.63) is 53.1 Å². The van der Waals surface area contributed by atoms with Crippen LogP contribution in [-0.2, 0) is 16.1 Å². The van der Waals surface area contributed by atoms with Crippen molar-refractivity contribution < 1.29 is 19.1 Å². The predicted molar refractivity (Wildman–Crippen MR) is 133 cm³/mol. The van der Waals surface area contributed by atoms with E-state index < -0.39 is 12.0 Å². The van der Waals surface area contributed by atoms with Crippen molar-refractivity contribution in [1.29, 1.82) is 0 Å². The van der Waals surface area contributed by atoms with E-state index in [-0.39, 0.29) is 41.6 Å². The maximum absolute atomic E-state index is 14.7. The Labute approximate surface area is 210 Å². The van der Waals surface area contributed by atoms with Gasteiger partial charge in [0.2, 0.25) is 0 Å². The molecule has 1 aromatic carbocycles. The molecule has 0 amide bonds. The smallest absolute Gasteiger partial charge is 0.303 e. The molecule has 2 heterocycles. The number of nitrogens with zero attached hydrogens (tertiary/aromatic N) is 4. The number of aromatic nitrogens is 3. The van der Waals surface area contributed by atoms with Crippen molar-refractivity contribution in [3.63, 3.8) is 0 Å². The van der Waals surface area contributed by atoms with Crippen LogP contribution in [0.3, 0.4) is 0 Å². The Morgan fingerprint density at radius 1 is 1.24 bits per heavy atom. The molecular weight excluding hydrogens is 479 g/mol. The number of benzene rings is 1. The summed E-state index contributed by atoms with van der Waals surface area (Å²) in [6, 6.07) is 5.97. The second kappa shape index (κ2) is 12.0. The van der Waals surface area contributed by atoms with E-state index in [4.69, 9.17) is 17.7 Å². The number of unbranched alkanes of at least 4 members (excludes halogenated alkanes) is 1. The number of Topliss-reactive ketones (excluding diaryl/α,β-unsaturated/α-hetero) is 1. The van der Waals surface area contributed by atoms with Crippen molar-refractivity contribution in [2.45, 2.75) is 56.4 Å². The number of carbonyl (C=O) groups is 2. The number of thiol groups is 1. The summed E-state index contributed by atoms with van der Waals surface area (Å²) in [5.74, 6) is -1.02. The third-order valence-electron chi connectivity index (χ3n) is 6.24. The van der Waals surface area contributed by atoms with Crippen LogP contribution in [0.25, 0.3) is 6.08 Å². The number of rotatable bonds is 10. The number of hydrogen-bond acceptors (Lipinski definition) is 6. The molecule has 1 aliphatic heterocycles. The van der Waals surface area contributed by atoms with Crippen molar-refractivity contribution in [2.24, 2.45) is 5.92 Å². The fourth-order valence-corrected chi connectivity index (χ4v) is 4.57. The van der Waals surface area contributed by atoms with Crippen LogP contribution < -0.4 is 0 Å². The largest absolute Gasteiger partial charge is 0.481 e. The summed E-state index contributed by atoms with van der Waals surface area (Å²) in [7, 11) is 0. The van der Waals surface area contributed by atoms with Crippen LogP contribution >= 0.6 is 25.0 Å². The summed E-state index contributed by atoms with van der Waals surface area (Å²) >= 11 is 4.74. The molecule has 1 aliphatic carbocycles. The molecule has 34 heavy (non-hydrogen) atoms. The molecule has 10 heteroatoms. The van der Waals surface area contributed by atoms with Gasteiger partial charge in [0.1, 0.15) is 11.5 Å². The average molecular weight is 509 g/mol. The zero-order valence-corrected chi connectivity index (χ0v) is 20.6. The first-order chi connectivity index (χ1) is 15.9. The van der Waals surface area contributed by atoms with Crippen LogP contribution in [0.1, 0.15) is 55.8 Å². The van der Waals surface area contributed by atoms with Gasteiger partial charge in [-0.1, -0.05) is 23.4 Å². The monoisotopic (exact) mass is 508 g/mol. The van der Waals surface area contributed by atoms with Gasteiger partial charge >= 0.3 is 5.97 Å². The standard InChI is InChI=1S/C24H29FN4O3S.ClH/c25-20-6-2-1-5-19(20)23(24(32)16-8-9-16)28-12-10-21(33)17(14-28)13-18-15-29(27-26-18)11-4-3-7-22(30)31;/h1-2,5-6,13,15-16,21,23,33H,3-4,7-12,14H2,(H,30,31);1H/b17-13+;. The normalized spacial score (nSPS) is 20.6. The van der Waals surface area contributed by atoms with Gasteiger partial charge in [-0.3, -0.25) is 19.2 Å². The minimum Gasteiger partial charge on any atom is -0.481 e. The summed E-state index contributed by atoms with van der Waals surface area (Å²) in [5.41, 5.74) is 2.16. The Bertz CT molecular complexity index is 1040. The first-order valence-electron chi connectivity index (χ1n) is 11.4. The van der Waals surface area contributed by atoms with E-state index in [0.717, 1.165) is 24.8 Å². The first kappa shape index (κ1) is 26.4. The van der Waals surface area contributed by atoms with Gasteiger partial charge in [-0.25, -0.2) is 4.39 Å². The highest BCUT2D eigenvalue weighted by Crippen LogP contribution is 2.39. The van der Waals surface area contributed by atoms with Crippen LogP contribution in [0.5, 0.6) is 0 Å². The Morgan fingerprint density at radius 3 is 2.71 bits per heavy atom. The lowest BCUT2D eigenvalue weighted by Crippen LogP contribution is -2.42. The van der Waals surface area contributed by atoms with Crippen molar-refractivity contribution in [3.8, 4) is 0 Å². The molecule has 2 atom stereocenters. The van der Waals surface area contributed by atoms with Gasteiger partial charge in [0, 0.05) is 42.8 Å². The van der Waals surface area contributed by atoms with E-state index in [9.17, 15) is 14.0 Å². The van der Waals surface area contributed by atoms with Crippen LogP contribution in [0.2, 0.25) is 0 Å². The summed E-state index contributed by atoms with van der Waals surface area (Å²) in [5, 5.41) is 17.1. The molecular formula is C24H30ClFN4O3S. The number of ketones is 1. The van der Waals surface area contributed by atoms with Gasteiger partial charge in [-0.15, -0.1) is 17.5 Å². The van der Waals surface area contributed by atoms with E-state index in [0.29, 0.717) is 43.7 Å². The molecule has 0 spiro atoms. The molecule has 2 unspecified atom stereocenters. The number of hydrogen-bond donors (Lipinski definition) is 2. The maximum Gasteiger partial charge on any atom is 0.303 e. The highest BCUT2D eigenvalue weighted by molar-refractivity contribution is 7.81.